The summed E-state index contributed by atoms with van der Waals surface area (Å²) in [4.78, 5) is 27.8. The lowest BCUT2D eigenvalue weighted by atomic mass is 9.82. The SMILES string of the molecule is COC1=CCC=C(C(=O)NCCN(C)CCN(C)SON)Cn2c(c(C3CCCCC3)c3ccc(C(=O)O)cc32)CC=C1. The number of carbonyl (C=O) groups is 2. The van der Waals surface area contributed by atoms with E-state index in [1.54, 1.807) is 19.2 Å². The van der Waals surface area contributed by atoms with Gasteiger partial charge in [0.05, 0.1) is 19.2 Å². The van der Waals surface area contributed by atoms with Gasteiger partial charge in [-0.05, 0) is 69.1 Å². The third-order valence-corrected chi connectivity index (χ3v) is 8.88. The molecule has 2 heterocycles. The van der Waals surface area contributed by atoms with E-state index in [0.717, 1.165) is 60.5 Å². The minimum absolute atomic E-state index is 0.126. The Labute approximate surface area is 258 Å². The Morgan fingerprint density at radius 1 is 1.14 bits per heavy atom. The zero-order valence-electron chi connectivity index (χ0n) is 25.5. The highest BCUT2D eigenvalue weighted by atomic mass is 32.2. The molecular formula is C32H45N5O5S. The second-order valence-corrected chi connectivity index (χ2v) is 12.2. The monoisotopic (exact) mass is 611 g/mol. The summed E-state index contributed by atoms with van der Waals surface area (Å²) in [5.41, 5.74) is 4.19. The van der Waals surface area contributed by atoms with Crippen molar-refractivity contribution in [1.29, 1.82) is 0 Å². The number of carbonyl (C=O) groups excluding carboxylic acids is 1. The number of methoxy groups -OCH3 is 1. The lowest BCUT2D eigenvalue weighted by Gasteiger charge is -2.23. The van der Waals surface area contributed by atoms with E-state index in [9.17, 15) is 14.7 Å². The molecule has 1 amide bonds. The summed E-state index contributed by atoms with van der Waals surface area (Å²) in [6, 6.07) is 5.44. The molecule has 4 N–H and O–H groups in total. The number of rotatable bonds is 12. The van der Waals surface area contributed by atoms with Gasteiger partial charge in [-0.2, -0.15) is 0 Å². The quantitative estimate of drug-likeness (QED) is 0.177. The van der Waals surface area contributed by atoms with Crippen LogP contribution < -0.4 is 11.2 Å². The van der Waals surface area contributed by atoms with Crippen LogP contribution in [0.25, 0.3) is 10.9 Å². The fourth-order valence-electron chi connectivity index (χ4n) is 6.04. The molecule has 2 aromatic rings. The van der Waals surface area contributed by atoms with Gasteiger partial charge >= 0.3 is 5.97 Å². The molecule has 1 aromatic carbocycles. The number of allylic oxidation sites excluding steroid dienone is 4. The molecule has 1 saturated carbocycles. The van der Waals surface area contributed by atoms with E-state index < -0.39 is 5.97 Å². The second-order valence-electron chi connectivity index (χ2n) is 11.3. The first-order chi connectivity index (χ1) is 20.8. The Bertz CT molecular complexity index is 1360. The van der Waals surface area contributed by atoms with Crippen molar-refractivity contribution >= 4 is 35.0 Å². The fraction of sp³-hybridized carbons (Fsp3) is 0.500. The molecule has 0 atom stereocenters. The van der Waals surface area contributed by atoms with Gasteiger partial charge in [0, 0.05) is 54.8 Å². The molecule has 43 heavy (non-hydrogen) atoms. The largest absolute Gasteiger partial charge is 0.497 e. The third kappa shape index (κ3) is 8.73. The van der Waals surface area contributed by atoms with Gasteiger partial charge in [-0.25, -0.2) is 19.3 Å². The Morgan fingerprint density at radius 2 is 1.93 bits per heavy atom. The number of hydrogen-bond acceptors (Lipinski definition) is 8. The number of amides is 1. The van der Waals surface area contributed by atoms with Crippen molar-refractivity contribution < 1.29 is 23.7 Å². The van der Waals surface area contributed by atoms with Crippen LogP contribution in [-0.2, 0) is 26.8 Å². The fourth-order valence-corrected chi connectivity index (χ4v) is 6.34. The summed E-state index contributed by atoms with van der Waals surface area (Å²) in [6.45, 7) is 3.08. The summed E-state index contributed by atoms with van der Waals surface area (Å²) in [7, 11) is 5.56. The van der Waals surface area contributed by atoms with E-state index in [1.807, 2.05) is 42.7 Å². The van der Waals surface area contributed by atoms with Crippen molar-refractivity contribution in [3.8, 4) is 0 Å². The van der Waals surface area contributed by atoms with Crippen LogP contribution in [0.5, 0.6) is 0 Å². The lowest BCUT2D eigenvalue weighted by Crippen LogP contribution is -2.36. The van der Waals surface area contributed by atoms with Crippen molar-refractivity contribution in [3.05, 3.63) is 70.7 Å². The highest BCUT2D eigenvalue weighted by Crippen LogP contribution is 2.41. The number of aromatic nitrogens is 1. The van der Waals surface area contributed by atoms with Crippen molar-refractivity contribution in [2.75, 3.05) is 47.4 Å². The molecule has 2 aliphatic rings. The number of carboxylic acids is 1. The van der Waals surface area contributed by atoms with Gasteiger partial charge in [-0.15, -0.1) is 0 Å². The van der Waals surface area contributed by atoms with Crippen molar-refractivity contribution in [1.82, 2.24) is 19.1 Å². The molecule has 10 nitrogen and oxygen atoms in total. The van der Waals surface area contributed by atoms with E-state index in [0.29, 0.717) is 44.0 Å². The number of ether oxygens (including phenoxy) is 1. The number of likely N-dealkylation sites (N-methyl/N-ethyl adjacent to an activating group) is 2. The smallest absolute Gasteiger partial charge is 0.335 e. The van der Waals surface area contributed by atoms with Crippen molar-refractivity contribution in [2.24, 2.45) is 5.90 Å². The van der Waals surface area contributed by atoms with Gasteiger partial charge in [-0.1, -0.05) is 37.5 Å². The van der Waals surface area contributed by atoms with Crippen LogP contribution in [0.1, 0.15) is 66.1 Å². The molecule has 234 valence electrons. The van der Waals surface area contributed by atoms with Crippen LogP contribution in [-0.4, -0.2) is 78.1 Å². The minimum Gasteiger partial charge on any atom is -0.497 e. The Morgan fingerprint density at radius 3 is 2.65 bits per heavy atom. The van der Waals surface area contributed by atoms with Crippen molar-refractivity contribution in [2.45, 2.75) is 57.4 Å². The number of carboxylic acid groups (broad SMARTS) is 1. The number of benzene rings is 1. The summed E-state index contributed by atoms with van der Waals surface area (Å²) < 4.78 is 14.3. The van der Waals surface area contributed by atoms with Crippen LogP contribution in [0.15, 0.2) is 53.8 Å². The van der Waals surface area contributed by atoms with Crippen molar-refractivity contribution in [3.63, 3.8) is 0 Å². The first-order valence-electron chi connectivity index (χ1n) is 15.0. The summed E-state index contributed by atoms with van der Waals surface area (Å²) in [5, 5.41) is 14.0. The molecule has 0 spiro atoms. The Balaban J connectivity index is 1.65. The van der Waals surface area contributed by atoms with E-state index >= 15 is 0 Å². The number of hydrogen-bond donors (Lipinski definition) is 3. The molecule has 4 rings (SSSR count). The average Bonchev–Trinajstić information content (AvgIpc) is 3.28. The molecule has 1 aliphatic heterocycles. The average molecular weight is 612 g/mol. The number of nitrogens with one attached hydrogen (secondary N) is 1. The van der Waals surface area contributed by atoms with Gasteiger partial charge in [0.2, 0.25) is 5.91 Å². The summed E-state index contributed by atoms with van der Waals surface area (Å²) in [6.07, 6.45) is 15.1. The van der Waals surface area contributed by atoms with Gasteiger partial charge in [0.25, 0.3) is 0 Å². The zero-order chi connectivity index (χ0) is 30.8. The predicted molar refractivity (Wildman–Crippen MR) is 171 cm³/mol. The van der Waals surface area contributed by atoms with Crippen LogP contribution >= 0.6 is 12.2 Å². The maximum Gasteiger partial charge on any atom is 0.335 e. The van der Waals surface area contributed by atoms with E-state index in [2.05, 4.69) is 25.1 Å². The predicted octanol–water partition coefficient (Wildman–Crippen LogP) is 4.78. The molecule has 0 unspecified atom stereocenters. The molecule has 0 bridgehead atoms. The van der Waals surface area contributed by atoms with E-state index in [4.69, 9.17) is 10.6 Å². The highest BCUT2D eigenvalue weighted by Gasteiger charge is 2.27. The van der Waals surface area contributed by atoms with Gasteiger partial charge in [-0.3, -0.25) is 4.79 Å². The first-order valence-corrected chi connectivity index (χ1v) is 15.7. The molecule has 11 heteroatoms. The van der Waals surface area contributed by atoms with E-state index in [-0.39, 0.29) is 11.5 Å². The highest BCUT2D eigenvalue weighted by molar-refractivity contribution is 7.92. The molecule has 1 aliphatic carbocycles. The topological polar surface area (TPSA) is 122 Å². The maximum absolute atomic E-state index is 13.6. The summed E-state index contributed by atoms with van der Waals surface area (Å²) in [5.74, 6) is 5.19. The van der Waals surface area contributed by atoms with Gasteiger partial charge in [0.15, 0.2) is 0 Å². The first kappa shape index (κ1) is 32.8. The number of nitrogens with two attached hydrogens (primary N) is 1. The van der Waals surface area contributed by atoms with Crippen LogP contribution in [0.4, 0.5) is 0 Å². The van der Waals surface area contributed by atoms with Crippen LogP contribution in [0.2, 0.25) is 0 Å². The van der Waals surface area contributed by atoms with E-state index in [1.165, 1.54) is 24.8 Å². The number of aromatic carboxylic acids is 1. The Kier molecular flexibility index (Phi) is 12.3. The standard InChI is InChI=1S/C32H45N5O5S/c1-35(19-20-36(2)43-42-33)18-17-34-31(38)25-11-7-12-26(41-3)13-8-14-28-30(23-9-5-4-6-10-23)27-16-15-24(32(39)40)21-29(27)37(28)22-25/h8,11-13,15-16,21,23H,4-7,9-10,14,17-20,22,33H2,1-3H3,(H,34,38)(H,39,40). The normalized spacial score (nSPS) is 16.5. The van der Waals surface area contributed by atoms with Crippen LogP contribution in [0.3, 0.4) is 0 Å². The Hall–Kier alpha value is -3.09. The number of fused-ring (bicyclic) bond motifs is 3. The molecule has 1 aromatic heterocycles. The molecule has 0 saturated heterocycles. The number of nitrogens with zero attached hydrogens (tertiary/aromatic N) is 3. The summed E-state index contributed by atoms with van der Waals surface area (Å²) >= 11 is 1.09. The molecular weight excluding hydrogens is 566 g/mol. The maximum atomic E-state index is 13.6. The van der Waals surface area contributed by atoms with Crippen LogP contribution in [0, 0.1) is 0 Å². The molecule has 0 radical (unpaired) electrons. The molecule has 1 fully saturated rings. The van der Waals surface area contributed by atoms with Gasteiger partial charge in [0.1, 0.15) is 18.0 Å². The lowest BCUT2D eigenvalue weighted by molar-refractivity contribution is -0.117. The zero-order valence-corrected chi connectivity index (χ0v) is 26.3. The second kappa shape index (κ2) is 16.1. The third-order valence-electron chi connectivity index (χ3n) is 8.35. The van der Waals surface area contributed by atoms with Gasteiger partial charge < -0.3 is 24.6 Å². The minimum atomic E-state index is -0.958.